The van der Waals surface area contributed by atoms with E-state index < -0.39 is 10.0 Å². The highest BCUT2D eigenvalue weighted by Gasteiger charge is 2.39. The van der Waals surface area contributed by atoms with Gasteiger partial charge in [0.25, 0.3) is 0 Å². The van der Waals surface area contributed by atoms with Gasteiger partial charge in [-0.1, -0.05) is 22.4 Å². The molecule has 0 aliphatic heterocycles. The van der Waals surface area contributed by atoms with Gasteiger partial charge in [-0.15, -0.1) is 0 Å². The minimum Gasteiger partial charge on any atom is -0.492 e. The largest absolute Gasteiger partial charge is 0.492 e. The second-order valence-corrected chi connectivity index (χ2v) is 8.79. The Morgan fingerprint density at radius 3 is 2.67 bits per heavy atom. The van der Waals surface area contributed by atoms with Gasteiger partial charge in [0.1, 0.15) is 10.6 Å². The molecule has 3 atom stereocenters. The van der Waals surface area contributed by atoms with Crippen molar-refractivity contribution in [3.05, 3.63) is 22.2 Å². The first kappa shape index (κ1) is 15.3. The average Bonchev–Trinajstić information content (AvgIpc) is 2.98. The van der Waals surface area contributed by atoms with Crippen molar-refractivity contribution in [2.75, 3.05) is 6.61 Å². The minimum absolute atomic E-state index is 0.0672. The molecule has 2 saturated carbocycles. The molecule has 0 aromatic heterocycles. The molecule has 4 nitrogen and oxygen atoms in total. The summed E-state index contributed by atoms with van der Waals surface area (Å²) in [5.74, 6) is 2.57. The Bertz CT molecular complexity index is 659. The first-order chi connectivity index (χ1) is 9.84. The monoisotopic (exact) mass is 373 g/mol. The number of primary sulfonamides is 1. The summed E-state index contributed by atoms with van der Waals surface area (Å²) in [6.07, 6.45) is 5.17. The number of rotatable bonds is 4. The third kappa shape index (κ3) is 3.12. The molecule has 3 rings (SSSR count). The van der Waals surface area contributed by atoms with Crippen LogP contribution in [0.4, 0.5) is 0 Å². The van der Waals surface area contributed by atoms with E-state index in [1.54, 1.807) is 0 Å². The van der Waals surface area contributed by atoms with Gasteiger partial charge in [0, 0.05) is 4.47 Å². The summed E-state index contributed by atoms with van der Waals surface area (Å²) in [6, 6.07) is 3.36. The number of halogens is 1. The predicted octanol–water partition coefficient (Wildman–Crippen LogP) is 3.22. The summed E-state index contributed by atoms with van der Waals surface area (Å²) >= 11 is 3.31. The molecular weight excluding hydrogens is 354 g/mol. The molecule has 2 aliphatic rings. The summed E-state index contributed by atoms with van der Waals surface area (Å²) < 4.78 is 30.1. The van der Waals surface area contributed by atoms with Crippen molar-refractivity contribution in [1.29, 1.82) is 0 Å². The Morgan fingerprint density at radius 2 is 2.10 bits per heavy atom. The van der Waals surface area contributed by atoms with Gasteiger partial charge in [0.15, 0.2) is 0 Å². The molecule has 1 aromatic rings. The molecule has 0 saturated heterocycles. The Kier molecular flexibility index (Phi) is 4.05. The minimum atomic E-state index is -3.79. The molecule has 0 heterocycles. The fraction of sp³-hybridized carbons (Fsp3) is 0.600. The fourth-order valence-electron chi connectivity index (χ4n) is 3.87. The van der Waals surface area contributed by atoms with E-state index in [1.165, 1.54) is 31.7 Å². The van der Waals surface area contributed by atoms with Crippen molar-refractivity contribution in [2.24, 2.45) is 22.9 Å². The number of hydrogen-bond acceptors (Lipinski definition) is 3. The van der Waals surface area contributed by atoms with Crippen LogP contribution in [-0.2, 0) is 10.0 Å². The molecule has 6 heteroatoms. The molecule has 2 aliphatic carbocycles. The Morgan fingerprint density at radius 1 is 1.33 bits per heavy atom. The highest BCUT2D eigenvalue weighted by molar-refractivity contribution is 9.10. The summed E-state index contributed by atoms with van der Waals surface area (Å²) in [6.45, 7) is 2.43. The van der Waals surface area contributed by atoms with Crippen molar-refractivity contribution < 1.29 is 13.2 Å². The van der Waals surface area contributed by atoms with Gasteiger partial charge in [-0.2, -0.15) is 0 Å². The van der Waals surface area contributed by atoms with E-state index in [2.05, 4.69) is 15.9 Å². The summed E-state index contributed by atoms with van der Waals surface area (Å²) in [5.41, 5.74) is 0.788. The van der Waals surface area contributed by atoms with Crippen LogP contribution in [0.1, 0.15) is 31.2 Å². The average molecular weight is 374 g/mol. The van der Waals surface area contributed by atoms with Crippen LogP contribution in [0.2, 0.25) is 0 Å². The fourth-order valence-corrected chi connectivity index (χ4v) is 5.36. The molecule has 2 fully saturated rings. The quantitative estimate of drug-likeness (QED) is 0.880. The molecule has 1 aromatic carbocycles. The number of fused-ring (bicyclic) bond motifs is 2. The zero-order valence-corrected chi connectivity index (χ0v) is 14.4. The van der Waals surface area contributed by atoms with Gasteiger partial charge < -0.3 is 4.74 Å². The van der Waals surface area contributed by atoms with Crippen LogP contribution in [0.15, 0.2) is 21.5 Å². The van der Waals surface area contributed by atoms with Crippen LogP contribution in [0.25, 0.3) is 0 Å². The second kappa shape index (κ2) is 5.56. The van der Waals surface area contributed by atoms with Crippen LogP contribution in [0.5, 0.6) is 5.75 Å². The molecular formula is C15H20BrNO3S. The van der Waals surface area contributed by atoms with Gasteiger partial charge in [0.05, 0.1) is 6.61 Å². The van der Waals surface area contributed by atoms with Crippen LogP contribution in [0.3, 0.4) is 0 Å². The van der Waals surface area contributed by atoms with Crippen molar-refractivity contribution in [3.63, 3.8) is 0 Å². The standard InChI is InChI=1S/C15H20BrNO3S/c1-9-4-13(16)7-14(21(17,18)19)15(9)20-8-12-6-10-2-3-11(12)5-10/h4,7,10-12H,2-3,5-6,8H2,1H3,(H2,17,18,19). The van der Waals surface area contributed by atoms with Crippen molar-refractivity contribution in [3.8, 4) is 5.75 Å². The lowest BCUT2D eigenvalue weighted by atomic mass is 9.89. The number of sulfonamides is 1. The van der Waals surface area contributed by atoms with Gasteiger partial charge in [-0.05, 0) is 61.6 Å². The smallest absolute Gasteiger partial charge is 0.241 e. The molecule has 0 radical (unpaired) electrons. The van der Waals surface area contributed by atoms with E-state index in [0.717, 1.165) is 17.4 Å². The highest BCUT2D eigenvalue weighted by Crippen LogP contribution is 2.48. The van der Waals surface area contributed by atoms with Crippen LogP contribution in [0, 0.1) is 24.7 Å². The lowest BCUT2D eigenvalue weighted by Gasteiger charge is -2.23. The lowest BCUT2D eigenvalue weighted by Crippen LogP contribution is -2.21. The van der Waals surface area contributed by atoms with Crippen molar-refractivity contribution in [1.82, 2.24) is 0 Å². The van der Waals surface area contributed by atoms with E-state index >= 15 is 0 Å². The molecule has 3 unspecified atom stereocenters. The van der Waals surface area contributed by atoms with Gasteiger partial charge in [0.2, 0.25) is 10.0 Å². The topological polar surface area (TPSA) is 69.4 Å². The van der Waals surface area contributed by atoms with Gasteiger partial charge >= 0.3 is 0 Å². The Hall–Kier alpha value is -0.590. The number of benzene rings is 1. The third-order valence-electron chi connectivity index (χ3n) is 4.84. The maximum atomic E-state index is 11.8. The molecule has 0 amide bonds. The number of nitrogens with two attached hydrogens (primary N) is 1. The normalized spacial score (nSPS) is 28.0. The van der Waals surface area contributed by atoms with Gasteiger partial charge in [-0.25, -0.2) is 13.6 Å². The lowest BCUT2D eigenvalue weighted by molar-refractivity contribution is 0.191. The molecule has 2 N–H and O–H groups in total. The SMILES string of the molecule is Cc1cc(Br)cc(S(N)(=O)=O)c1OCC1CC2CCC1C2. The van der Waals surface area contributed by atoms with Crippen LogP contribution in [-0.4, -0.2) is 15.0 Å². The van der Waals surface area contributed by atoms with Crippen molar-refractivity contribution >= 4 is 26.0 Å². The zero-order valence-electron chi connectivity index (χ0n) is 12.0. The zero-order chi connectivity index (χ0) is 15.2. The maximum absolute atomic E-state index is 11.8. The number of aryl methyl sites for hydroxylation is 1. The van der Waals surface area contributed by atoms with Crippen LogP contribution < -0.4 is 9.88 Å². The summed E-state index contributed by atoms with van der Waals surface area (Å²) in [7, 11) is -3.79. The number of ether oxygens (including phenoxy) is 1. The third-order valence-corrected chi connectivity index (χ3v) is 6.21. The molecule has 0 spiro atoms. The highest BCUT2D eigenvalue weighted by atomic mass is 79.9. The van der Waals surface area contributed by atoms with E-state index in [4.69, 9.17) is 9.88 Å². The first-order valence-electron chi connectivity index (χ1n) is 7.30. The molecule has 2 bridgehead atoms. The molecule has 21 heavy (non-hydrogen) atoms. The summed E-state index contributed by atoms with van der Waals surface area (Å²) in [5, 5.41) is 5.31. The van der Waals surface area contributed by atoms with Gasteiger partial charge in [-0.3, -0.25) is 0 Å². The van der Waals surface area contributed by atoms with Crippen molar-refractivity contribution in [2.45, 2.75) is 37.5 Å². The first-order valence-corrected chi connectivity index (χ1v) is 9.64. The van der Waals surface area contributed by atoms with E-state index in [9.17, 15) is 8.42 Å². The Labute approximate surface area is 134 Å². The second-order valence-electron chi connectivity index (χ2n) is 6.34. The maximum Gasteiger partial charge on any atom is 0.241 e. The summed E-state index contributed by atoms with van der Waals surface area (Å²) in [4.78, 5) is 0.0672. The van der Waals surface area contributed by atoms with E-state index in [1.807, 2.05) is 13.0 Å². The number of hydrogen-bond donors (Lipinski definition) is 1. The van der Waals surface area contributed by atoms with E-state index in [-0.39, 0.29) is 4.90 Å². The molecule has 116 valence electrons. The predicted molar refractivity (Wildman–Crippen MR) is 84.7 cm³/mol. The Balaban J connectivity index is 1.81. The van der Waals surface area contributed by atoms with E-state index in [0.29, 0.717) is 22.7 Å². The van der Waals surface area contributed by atoms with Crippen LogP contribution >= 0.6 is 15.9 Å².